The van der Waals surface area contributed by atoms with Crippen LogP contribution in [0.15, 0.2) is 24.5 Å². The predicted octanol–water partition coefficient (Wildman–Crippen LogP) is 3.04. The van der Waals surface area contributed by atoms with Gasteiger partial charge in [0.05, 0.1) is 12.3 Å². The first-order chi connectivity index (χ1) is 6.84. The maximum atomic E-state index is 5.84. The van der Waals surface area contributed by atoms with Crippen LogP contribution in [0.5, 0.6) is 5.75 Å². The second-order valence-electron chi connectivity index (χ2n) is 4.19. The Kier molecular flexibility index (Phi) is 3.02. The predicted molar refractivity (Wildman–Crippen MR) is 56.3 cm³/mol. The molecule has 2 heteroatoms. The Hall–Kier alpha value is -1.05. The third-order valence-corrected chi connectivity index (χ3v) is 2.90. The summed E-state index contributed by atoms with van der Waals surface area (Å²) in [6, 6.07) is 3.89. The number of nitrogens with zero attached hydrogens (tertiary/aromatic N) is 1. The highest BCUT2D eigenvalue weighted by molar-refractivity contribution is 5.15. The Morgan fingerprint density at radius 1 is 1.29 bits per heavy atom. The maximum Gasteiger partial charge on any atom is 0.137 e. The van der Waals surface area contributed by atoms with Crippen molar-refractivity contribution in [2.45, 2.75) is 38.7 Å². The summed E-state index contributed by atoms with van der Waals surface area (Å²) in [6.45, 7) is 2.32. The molecule has 0 atom stereocenters. The summed E-state index contributed by atoms with van der Waals surface area (Å²) < 4.78 is 5.84. The largest absolute Gasteiger partial charge is 0.489 e. The first-order valence-corrected chi connectivity index (χ1v) is 5.41. The minimum Gasteiger partial charge on any atom is -0.489 e. The van der Waals surface area contributed by atoms with Crippen LogP contribution in [0.2, 0.25) is 0 Å². The van der Waals surface area contributed by atoms with Gasteiger partial charge in [-0.2, -0.15) is 0 Å². The summed E-state index contributed by atoms with van der Waals surface area (Å²) in [4.78, 5) is 4.04. The second kappa shape index (κ2) is 4.45. The highest BCUT2D eigenvalue weighted by atomic mass is 16.5. The Morgan fingerprint density at radius 3 is 2.71 bits per heavy atom. The van der Waals surface area contributed by atoms with E-state index in [-0.39, 0.29) is 0 Å². The van der Waals surface area contributed by atoms with Gasteiger partial charge in [0.2, 0.25) is 0 Å². The standard InChI is InChI=1S/C12H17NO/c1-10-4-6-11(7-5-10)14-12-3-2-8-13-9-12/h2-3,8-11H,4-7H2,1H3/t10-,11+. The molecule has 1 saturated carbocycles. The summed E-state index contributed by atoms with van der Waals surface area (Å²) >= 11 is 0. The van der Waals surface area contributed by atoms with E-state index in [4.69, 9.17) is 4.74 Å². The summed E-state index contributed by atoms with van der Waals surface area (Å²) in [5, 5.41) is 0. The average molecular weight is 191 g/mol. The molecule has 0 saturated heterocycles. The minimum atomic E-state index is 0.412. The highest BCUT2D eigenvalue weighted by Crippen LogP contribution is 2.26. The van der Waals surface area contributed by atoms with E-state index in [9.17, 15) is 0 Å². The van der Waals surface area contributed by atoms with Gasteiger partial charge in [-0.15, -0.1) is 0 Å². The quantitative estimate of drug-likeness (QED) is 0.716. The lowest BCUT2D eigenvalue weighted by Crippen LogP contribution is -2.22. The number of rotatable bonds is 2. The van der Waals surface area contributed by atoms with Crippen molar-refractivity contribution < 1.29 is 4.74 Å². The Balaban J connectivity index is 1.87. The molecule has 14 heavy (non-hydrogen) atoms. The van der Waals surface area contributed by atoms with Crippen LogP contribution in [-0.2, 0) is 0 Å². The highest BCUT2D eigenvalue weighted by Gasteiger charge is 2.19. The summed E-state index contributed by atoms with van der Waals surface area (Å²) in [5.74, 6) is 1.79. The average Bonchev–Trinajstić information content (AvgIpc) is 2.23. The van der Waals surface area contributed by atoms with Crippen molar-refractivity contribution >= 4 is 0 Å². The fourth-order valence-corrected chi connectivity index (χ4v) is 1.96. The van der Waals surface area contributed by atoms with E-state index >= 15 is 0 Å². The van der Waals surface area contributed by atoms with Crippen molar-refractivity contribution in [3.8, 4) is 5.75 Å². The fraction of sp³-hybridized carbons (Fsp3) is 0.583. The van der Waals surface area contributed by atoms with Gasteiger partial charge in [-0.05, 0) is 43.7 Å². The van der Waals surface area contributed by atoms with Crippen molar-refractivity contribution in [2.75, 3.05) is 0 Å². The van der Waals surface area contributed by atoms with E-state index in [1.54, 1.807) is 12.4 Å². The van der Waals surface area contributed by atoms with Gasteiger partial charge < -0.3 is 4.74 Å². The molecule has 1 fully saturated rings. The zero-order valence-electron chi connectivity index (χ0n) is 8.65. The smallest absolute Gasteiger partial charge is 0.137 e. The lowest BCUT2D eigenvalue weighted by molar-refractivity contribution is 0.135. The van der Waals surface area contributed by atoms with Gasteiger partial charge in [-0.25, -0.2) is 0 Å². The van der Waals surface area contributed by atoms with Crippen molar-refractivity contribution in [2.24, 2.45) is 5.92 Å². The molecule has 1 aliphatic rings. The molecule has 0 aromatic carbocycles. The molecule has 0 aliphatic heterocycles. The van der Waals surface area contributed by atoms with Crippen LogP contribution in [0.3, 0.4) is 0 Å². The van der Waals surface area contributed by atoms with Crippen LogP contribution >= 0.6 is 0 Å². The first-order valence-electron chi connectivity index (χ1n) is 5.41. The van der Waals surface area contributed by atoms with E-state index in [2.05, 4.69) is 11.9 Å². The molecular formula is C12H17NO. The number of pyridine rings is 1. The lowest BCUT2D eigenvalue weighted by atomic mass is 9.89. The molecule has 1 aliphatic carbocycles. The molecule has 0 amide bonds. The molecule has 0 radical (unpaired) electrons. The van der Waals surface area contributed by atoms with Crippen LogP contribution < -0.4 is 4.74 Å². The van der Waals surface area contributed by atoms with E-state index in [0.29, 0.717) is 6.10 Å². The van der Waals surface area contributed by atoms with E-state index in [0.717, 1.165) is 11.7 Å². The van der Waals surface area contributed by atoms with Crippen LogP contribution in [0.1, 0.15) is 32.6 Å². The fourth-order valence-electron chi connectivity index (χ4n) is 1.96. The second-order valence-corrected chi connectivity index (χ2v) is 4.19. The third kappa shape index (κ3) is 2.47. The van der Waals surface area contributed by atoms with Gasteiger partial charge in [0.1, 0.15) is 5.75 Å². The molecule has 1 aromatic heterocycles. The summed E-state index contributed by atoms with van der Waals surface area (Å²) in [5.41, 5.74) is 0. The molecule has 0 bridgehead atoms. The monoisotopic (exact) mass is 191 g/mol. The normalized spacial score (nSPS) is 27.2. The number of hydrogen-bond donors (Lipinski definition) is 0. The Bertz CT molecular complexity index is 265. The zero-order chi connectivity index (χ0) is 9.80. The van der Waals surface area contributed by atoms with Crippen molar-refractivity contribution in [3.05, 3.63) is 24.5 Å². The Morgan fingerprint density at radius 2 is 2.07 bits per heavy atom. The molecule has 0 N–H and O–H groups in total. The van der Waals surface area contributed by atoms with Gasteiger partial charge in [0.25, 0.3) is 0 Å². The van der Waals surface area contributed by atoms with Crippen LogP contribution in [0.4, 0.5) is 0 Å². The third-order valence-electron chi connectivity index (χ3n) is 2.90. The van der Waals surface area contributed by atoms with E-state index in [1.807, 2.05) is 12.1 Å². The molecule has 1 aromatic rings. The van der Waals surface area contributed by atoms with Gasteiger partial charge in [0.15, 0.2) is 0 Å². The molecule has 76 valence electrons. The van der Waals surface area contributed by atoms with Crippen LogP contribution in [-0.4, -0.2) is 11.1 Å². The molecule has 2 nitrogen and oxygen atoms in total. The van der Waals surface area contributed by atoms with E-state index < -0.39 is 0 Å². The van der Waals surface area contributed by atoms with Gasteiger partial charge in [0, 0.05) is 6.20 Å². The summed E-state index contributed by atoms with van der Waals surface area (Å²) in [6.07, 6.45) is 8.95. The van der Waals surface area contributed by atoms with E-state index in [1.165, 1.54) is 25.7 Å². The Labute approximate surface area is 85.3 Å². The molecule has 0 unspecified atom stereocenters. The summed E-state index contributed by atoms with van der Waals surface area (Å²) in [7, 11) is 0. The molecule has 0 spiro atoms. The first kappa shape index (κ1) is 9.50. The minimum absolute atomic E-state index is 0.412. The topological polar surface area (TPSA) is 22.1 Å². The van der Waals surface area contributed by atoms with Gasteiger partial charge >= 0.3 is 0 Å². The van der Waals surface area contributed by atoms with Gasteiger partial charge in [-0.1, -0.05) is 6.92 Å². The van der Waals surface area contributed by atoms with Crippen molar-refractivity contribution in [1.82, 2.24) is 4.98 Å². The lowest BCUT2D eigenvalue weighted by Gasteiger charge is -2.26. The number of ether oxygens (including phenoxy) is 1. The zero-order valence-corrected chi connectivity index (χ0v) is 8.65. The molecule has 1 heterocycles. The van der Waals surface area contributed by atoms with Crippen molar-refractivity contribution in [1.29, 1.82) is 0 Å². The van der Waals surface area contributed by atoms with Gasteiger partial charge in [-0.3, -0.25) is 4.98 Å². The maximum absolute atomic E-state index is 5.84. The van der Waals surface area contributed by atoms with Crippen LogP contribution in [0, 0.1) is 5.92 Å². The SMILES string of the molecule is C[C@H]1CC[C@@H](Oc2cccnc2)CC1. The molecule has 2 rings (SSSR count). The number of hydrogen-bond acceptors (Lipinski definition) is 2. The van der Waals surface area contributed by atoms with Crippen molar-refractivity contribution in [3.63, 3.8) is 0 Å². The molecular weight excluding hydrogens is 174 g/mol. The number of aromatic nitrogens is 1. The van der Waals surface area contributed by atoms with Crippen LogP contribution in [0.25, 0.3) is 0 Å².